The number of likely N-dealkylation sites (tertiary alicyclic amines) is 1. The lowest BCUT2D eigenvalue weighted by Crippen LogP contribution is -2.51. The molecule has 0 aliphatic carbocycles. The van der Waals surface area contributed by atoms with Gasteiger partial charge in [-0.25, -0.2) is 0 Å². The van der Waals surface area contributed by atoms with E-state index in [1.54, 1.807) is 9.58 Å². The molecule has 40 heavy (non-hydrogen) atoms. The molecule has 1 fully saturated rings. The van der Waals surface area contributed by atoms with Crippen LogP contribution in [0.1, 0.15) is 40.9 Å². The first kappa shape index (κ1) is 25.8. The molecule has 10 heteroatoms. The average molecular weight is 541 g/mol. The summed E-state index contributed by atoms with van der Waals surface area (Å²) in [7, 11) is 0. The number of carbonyl (C=O) groups is 2. The first-order valence-electron chi connectivity index (χ1n) is 13.8. The zero-order valence-corrected chi connectivity index (χ0v) is 22.3. The highest BCUT2D eigenvalue weighted by molar-refractivity contribution is 5.99. The van der Waals surface area contributed by atoms with Crippen LogP contribution in [0, 0.1) is 5.41 Å². The van der Waals surface area contributed by atoms with Gasteiger partial charge in [0.2, 0.25) is 5.91 Å². The number of rotatable bonds is 2. The van der Waals surface area contributed by atoms with Crippen LogP contribution in [-0.2, 0) is 24.2 Å². The minimum absolute atomic E-state index is 0.00614. The van der Waals surface area contributed by atoms with Crippen molar-refractivity contribution in [3.05, 3.63) is 83.8 Å². The van der Waals surface area contributed by atoms with Gasteiger partial charge in [0.15, 0.2) is 5.76 Å². The first-order valence-corrected chi connectivity index (χ1v) is 13.8. The summed E-state index contributed by atoms with van der Waals surface area (Å²) in [4.78, 5) is 29.1. The molecule has 5 heterocycles. The highest BCUT2D eigenvalue weighted by Gasteiger charge is 2.43. The van der Waals surface area contributed by atoms with E-state index in [1.165, 1.54) is 6.20 Å². The molecule has 4 bridgehead atoms. The number of ether oxygens (including phenoxy) is 1. The van der Waals surface area contributed by atoms with Gasteiger partial charge in [0.05, 0.1) is 23.9 Å². The molecule has 0 atom stereocenters. The van der Waals surface area contributed by atoms with Crippen molar-refractivity contribution in [3.8, 4) is 17.1 Å². The fourth-order valence-electron chi connectivity index (χ4n) is 5.53. The predicted molar refractivity (Wildman–Crippen MR) is 147 cm³/mol. The number of piperidine rings is 1. The monoisotopic (exact) mass is 540 g/mol. The second-order valence-corrected chi connectivity index (χ2v) is 10.5. The van der Waals surface area contributed by atoms with E-state index in [0.29, 0.717) is 63.4 Å². The first-order chi connectivity index (χ1) is 19.6. The van der Waals surface area contributed by atoms with E-state index in [-0.39, 0.29) is 11.8 Å². The van der Waals surface area contributed by atoms with Gasteiger partial charge in [-0.05, 0) is 37.0 Å². The maximum absolute atomic E-state index is 13.7. The van der Waals surface area contributed by atoms with Crippen molar-refractivity contribution in [2.24, 2.45) is 5.41 Å². The maximum atomic E-state index is 13.7. The Balaban J connectivity index is 1.20. The van der Waals surface area contributed by atoms with Gasteiger partial charge in [-0.15, -0.1) is 5.10 Å². The van der Waals surface area contributed by atoms with Crippen molar-refractivity contribution in [2.75, 3.05) is 26.2 Å². The van der Waals surface area contributed by atoms with Crippen molar-refractivity contribution >= 4 is 11.8 Å². The molecule has 2 aromatic heterocycles. The van der Waals surface area contributed by atoms with Gasteiger partial charge in [-0.1, -0.05) is 52.8 Å². The van der Waals surface area contributed by atoms with Gasteiger partial charge in [-0.3, -0.25) is 14.3 Å². The standard InChI is InChI=1S/C30H32N6O4/c37-28(26-20-32-40-27(26)23-5-2-1-3-6-23)35-16-12-30(13-17-35)19-24-21-36(34-33-24)15-4-18-39-25-9-7-22(8-10-25)11-14-31-29(30)38/h1-3,5-10,20-21H,4,11-19H2,(H,31,38). The van der Waals surface area contributed by atoms with Crippen molar-refractivity contribution < 1.29 is 18.8 Å². The highest BCUT2D eigenvalue weighted by atomic mass is 16.5. The van der Waals surface area contributed by atoms with Gasteiger partial charge in [0.1, 0.15) is 11.3 Å². The summed E-state index contributed by atoms with van der Waals surface area (Å²) in [6, 6.07) is 17.5. The molecule has 206 valence electrons. The van der Waals surface area contributed by atoms with Crippen LogP contribution in [0.2, 0.25) is 0 Å². The topological polar surface area (TPSA) is 115 Å². The molecule has 0 unspecified atom stereocenters. The molecule has 0 radical (unpaired) electrons. The van der Waals surface area contributed by atoms with E-state index < -0.39 is 5.41 Å². The van der Waals surface area contributed by atoms with Crippen LogP contribution in [0.5, 0.6) is 5.75 Å². The fourth-order valence-corrected chi connectivity index (χ4v) is 5.53. The lowest BCUT2D eigenvalue weighted by atomic mass is 9.73. The summed E-state index contributed by atoms with van der Waals surface area (Å²) in [5, 5.41) is 15.7. The number of amides is 2. The van der Waals surface area contributed by atoms with Crippen LogP contribution in [0.3, 0.4) is 0 Å². The number of hydrogen-bond acceptors (Lipinski definition) is 7. The fraction of sp³-hybridized carbons (Fsp3) is 0.367. The van der Waals surface area contributed by atoms with Crippen molar-refractivity contribution in [1.82, 2.24) is 30.4 Å². The molecule has 2 aromatic carbocycles. The van der Waals surface area contributed by atoms with Crippen molar-refractivity contribution in [2.45, 2.75) is 38.6 Å². The van der Waals surface area contributed by atoms with Crippen LogP contribution in [0.25, 0.3) is 11.3 Å². The summed E-state index contributed by atoms with van der Waals surface area (Å²) in [6.07, 6.45) is 6.42. The summed E-state index contributed by atoms with van der Waals surface area (Å²) < 4.78 is 13.1. The molecule has 2 amide bonds. The molecule has 7 rings (SSSR count). The molecule has 3 aliphatic rings. The van der Waals surface area contributed by atoms with Crippen LogP contribution >= 0.6 is 0 Å². The Labute approximate surface area is 232 Å². The number of aryl methyl sites for hydroxylation is 1. The maximum Gasteiger partial charge on any atom is 0.259 e. The number of nitrogens with zero attached hydrogens (tertiary/aromatic N) is 5. The number of benzene rings is 2. The Kier molecular flexibility index (Phi) is 7.31. The zero-order chi connectivity index (χ0) is 27.4. The van der Waals surface area contributed by atoms with Gasteiger partial charge in [0, 0.05) is 50.8 Å². The Morgan fingerprint density at radius 2 is 1.80 bits per heavy atom. The molecule has 0 saturated carbocycles. The molecule has 3 aliphatic heterocycles. The van der Waals surface area contributed by atoms with Crippen molar-refractivity contribution in [3.63, 3.8) is 0 Å². The minimum Gasteiger partial charge on any atom is -0.494 e. The van der Waals surface area contributed by atoms with Crippen LogP contribution in [0.15, 0.2) is 71.5 Å². The Bertz CT molecular complexity index is 1450. The molecule has 1 saturated heterocycles. The predicted octanol–water partition coefficient (Wildman–Crippen LogP) is 3.54. The lowest BCUT2D eigenvalue weighted by molar-refractivity contribution is -0.133. The molecular weight excluding hydrogens is 508 g/mol. The average Bonchev–Trinajstić information content (AvgIpc) is 3.66. The molecular formula is C30H32N6O4. The summed E-state index contributed by atoms with van der Waals surface area (Å²) in [5.41, 5.74) is 2.45. The Morgan fingerprint density at radius 1 is 1.00 bits per heavy atom. The van der Waals surface area contributed by atoms with Crippen LogP contribution in [-0.4, -0.2) is 63.1 Å². The molecule has 4 aromatic rings. The van der Waals surface area contributed by atoms with E-state index in [1.807, 2.05) is 60.8 Å². The summed E-state index contributed by atoms with van der Waals surface area (Å²) in [6.45, 7) is 2.67. The number of nitrogens with one attached hydrogen (secondary N) is 1. The van der Waals surface area contributed by atoms with E-state index in [9.17, 15) is 9.59 Å². The van der Waals surface area contributed by atoms with Gasteiger partial charge >= 0.3 is 0 Å². The van der Waals surface area contributed by atoms with E-state index >= 15 is 0 Å². The number of fused-ring (bicyclic) bond motifs is 8. The molecule has 1 spiro atoms. The highest BCUT2D eigenvalue weighted by Crippen LogP contribution is 2.36. The number of carbonyl (C=O) groups excluding carboxylic acids is 2. The largest absolute Gasteiger partial charge is 0.494 e. The molecule has 1 N–H and O–H groups in total. The lowest BCUT2D eigenvalue weighted by Gasteiger charge is -2.40. The minimum atomic E-state index is -0.685. The zero-order valence-electron chi connectivity index (χ0n) is 22.3. The SMILES string of the molecule is O=C(c1cnoc1-c1ccccc1)N1CCC2(CC1)Cc1cn(nn1)CCCOc1ccc(cc1)CCNC2=O. The second-order valence-electron chi connectivity index (χ2n) is 10.5. The molecule has 10 nitrogen and oxygen atoms in total. The van der Waals surface area contributed by atoms with Crippen molar-refractivity contribution in [1.29, 1.82) is 0 Å². The summed E-state index contributed by atoms with van der Waals surface area (Å²) >= 11 is 0. The third kappa shape index (κ3) is 5.47. The smallest absolute Gasteiger partial charge is 0.259 e. The van der Waals surface area contributed by atoms with E-state index in [0.717, 1.165) is 35.4 Å². The quantitative estimate of drug-likeness (QED) is 0.414. The van der Waals surface area contributed by atoms with Gasteiger partial charge in [-0.2, -0.15) is 0 Å². The van der Waals surface area contributed by atoms with Crippen LogP contribution in [0.4, 0.5) is 0 Å². The number of aromatic nitrogens is 4. The third-order valence-corrected chi connectivity index (χ3v) is 7.85. The second kappa shape index (κ2) is 11.3. The Morgan fingerprint density at radius 3 is 2.60 bits per heavy atom. The van der Waals surface area contributed by atoms with Gasteiger partial charge < -0.3 is 19.5 Å². The third-order valence-electron chi connectivity index (χ3n) is 7.85. The van der Waals surface area contributed by atoms with E-state index in [2.05, 4.69) is 20.8 Å². The Hall–Kier alpha value is -4.47. The normalized spacial score (nSPS) is 17.7. The summed E-state index contributed by atoms with van der Waals surface area (Å²) in [5.74, 6) is 1.14. The van der Waals surface area contributed by atoms with Crippen LogP contribution < -0.4 is 10.1 Å². The van der Waals surface area contributed by atoms with Gasteiger partial charge in [0.25, 0.3) is 5.91 Å². The van der Waals surface area contributed by atoms with E-state index in [4.69, 9.17) is 9.26 Å². The number of hydrogen-bond donors (Lipinski definition) is 1.